The Bertz CT molecular complexity index is 610. The molecule has 0 N–H and O–H groups in total. The first-order valence-corrected chi connectivity index (χ1v) is 9.54. The number of aromatic nitrogens is 1. The van der Waals surface area contributed by atoms with Crippen molar-refractivity contribution in [3.63, 3.8) is 0 Å². The van der Waals surface area contributed by atoms with Crippen LogP contribution in [0.3, 0.4) is 0 Å². The fourth-order valence-corrected chi connectivity index (χ4v) is 4.81. The van der Waals surface area contributed by atoms with E-state index in [2.05, 4.69) is 16.1 Å². The summed E-state index contributed by atoms with van der Waals surface area (Å²) in [5, 5.41) is 1.30. The lowest BCUT2D eigenvalue weighted by molar-refractivity contribution is 0.108. The SMILES string of the molecule is O=C(SC1CCCCC1)c1ncc(CC2=CCC=NC=C2)s1. The van der Waals surface area contributed by atoms with Gasteiger partial charge in [-0.05, 0) is 24.5 Å². The Balaban J connectivity index is 1.58. The third kappa shape index (κ3) is 4.40. The van der Waals surface area contributed by atoms with Crippen LogP contribution in [-0.2, 0) is 6.42 Å². The summed E-state index contributed by atoms with van der Waals surface area (Å²) >= 11 is 3.03. The summed E-state index contributed by atoms with van der Waals surface area (Å²) in [6.45, 7) is 0. The summed E-state index contributed by atoms with van der Waals surface area (Å²) in [7, 11) is 0. The van der Waals surface area contributed by atoms with Crippen LogP contribution in [0.1, 0.15) is 53.2 Å². The highest BCUT2D eigenvalue weighted by Crippen LogP contribution is 2.31. The summed E-state index contributed by atoms with van der Waals surface area (Å²) < 4.78 is 0. The minimum Gasteiger partial charge on any atom is -0.279 e. The number of allylic oxidation sites excluding steroid dienone is 3. The molecular formula is C17H20N2OS2. The number of thioether (sulfide) groups is 1. The van der Waals surface area contributed by atoms with Crippen LogP contribution in [0.5, 0.6) is 0 Å². The third-order valence-corrected chi connectivity index (χ3v) is 6.24. The second-order valence-corrected chi connectivity index (χ2v) is 8.02. The Labute approximate surface area is 139 Å². The number of hydrogen-bond donors (Lipinski definition) is 0. The van der Waals surface area contributed by atoms with Gasteiger partial charge in [-0.3, -0.25) is 9.79 Å². The molecule has 5 heteroatoms. The molecule has 0 bridgehead atoms. The molecule has 1 aliphatic carbocycles. The predicted molar refractivity (Wildman–Crippen MR) is 94.9 cm³/mol. The van der Waals surface area contributed by atoms with E-state index in [9.17, 15) is 4.79 Å². The maximum absolute atomic E-state index is 12.3. The highest BCUT2D eigenvalue weighted by Gasteiger charge is 2.20. The van der Waals surface area contributed by atoms with Crippen LogP contribution < -0.4 is 0 Å². The second-order valence-electron chi connectivity index (χ2n) is 5.64. The Hall–Kier alpha value is -1.20. The molecule has 1 saturated carbocycles. The van der Waals surface area contributed by atoms with Crippen LogP contribution >= 0.6 is 23.1 Å². The van der Waals surface area contributed by atoms with Crippen molar-refractivity contribution in [1.82, 2.24) is 4.98 Å². The summed E-state index contributed by atoms with van der Waals surface area (Å²) in [6, 6.07) is 0. The van der Waals surface area contributed by atoms with E-state index in [1.54, 1.807) is 0 Å². The number of hydrogen-bond acceptors (Lipinski definition) is 5. The van der Waals surface area contributed by atoms with Crippen molar-refractivity contribution in [3.8, 4) is 0 Å². The number of rotatable bonds is 4. The molecule has 0 radical (unpaired) electrons. The van der Waals surface area contributed by atoms with Crippen LogP contribution in [0.2, 0.25) is 0 Å². The molecule has 2 aliphatic rings. The number of aliphatic imine (C=N–C) groups is 1. The van der Waals surface area contributed by atoms with Crippen molar-refractivity contribution in [2.45, 2.75) is 50.2 Å². The Morgan fingerprint density at radius 3 is 3.05 bits per heavy atom. The number of carbonyl (C=O) groups excluding carboxylic acids is 1. The quantitative estimate of drug-likeness (QED) is 0.795. The molecule has 2 heterocycles. The molecule has 0 unspecified atom stereocenters. The monoisotopic (exact) mass is 332 g/mol. The molecule has 1 aliphatic heterocycles. The molecule has 1 fully saturated rings. The zero-order valence-electron chi connectivity index (χ0n) is 12.5. The van der Waals surface area contributed by atoms with Crippen molar-refractivity contribution >= 4 is 34.4 Å². The van der Waals surface area contributed by atoms with Gasteiger partial charge >= 0.3 is 0 Å². The van der Waals surface area contributed by atoms with E-state index in [-0.39, 0.29) is 5.12 Å². The molecule has 22 heavy (non-hydrogen) atoms. The molecule has 0 saturated heterocycles. The van der Waals surface area contributed by atoms with Crippen LogP contribution in [0.15, 0.2) is 35.1 Å². The average Bonchev–Trinajstić information content (AvgIpc) is 2.85. The van der Waals surface area contributed by atoms with Crippen LogP contribution in [-0.4, -0.2) is 21.6 Å². The van der Waals surface area contributed by atoms with E-state index in [0.717, 1.165) is 17.7 Å². The van der Waals surface area contributed by atoms with E-state index < -0.39 is 0 Å². The molecule has 0 spiro atoms. The zero-order chi connectivity index (χ0) is 15.2. The molecule has 1 aromatic rings. The topological polar surface area (TPSA) is 42.3 Å². The lowest BCUT2D eigenvalue weighted by Gasteiger charge is -2.19. The largest absolute Gasteiger partial charge is 0.279 e. The highest BCUT2D eigenvalue weighted by atomic mass is 32.2. The van der Waals surface area contributed by atoms with Gasteiger partial charge in [-0.1, -0.05) is 37.1 Å². The second kappa shape index (κ2) is 7.88. The van der Waals surface area contributed by atoms with E-state index in [4.69, 9.17) is 0 Å². The van der Waals surface area contributed by atoms with Gasteiger partial charge in [0.1, 0.15) is 0 Å². The van der Waals surface area contributed by atoms with Gasteiger partial charge in [0, 0.05) is 41.6 Å². The average molecular weight is 332 g/mol. The number of carbonyl (C=O) groups is 1. The fraction of sp³-hybridized carbons (Fsp3) is 0.471. The molecule has 0 aromatic carbocycles. The fourth-order valence-electron chi connectivity index (χ4n) is 2.73. The van der Waals surface area contributed by atoms with Gasteiger partial charge in [0.2, 0.25) is 5.12 Å². The summed E-state index contributed by atoms with van der Waals surface area (Å²) in [6.07, 6.45) is 17.7. The van der Waals surface area contributed by atoms with Crippen LogP contribution in [0, 0.1) is 0 Å². The lowest BCUT2D eigenvalue weighted by atomic mass is 10.0. The van der Waals surface area contributed by atoms with E-state index >= 15 is 0 Å². The van der Waals surface area contributed by atoms with Gasteiger partial charge < -0.3 is 0 Å². The minimum atomic E-state index is 0.150. The Morgan fingerprint density at radius 1 is 1.32 bits per heavy atom. The van der Waals surface area contributed by atoms with E-state index in [1.165, 1.54) is 60.8 Å². The van der Waals surface area contributed by atoms with Gasteiger partial charge in [-0.15, -0.1) is 11.3 Å². The van der Waals surface area contributed by atoms with Crippen molar-refractivity contribution in [2.75, 3.05) is 0 Å². The van der Waals surface area contributed by atoms with Crippen LogP contribution in [0.4, 0.5) is 0 Å². The predicted octanol–water partition coefficient (Wildman–Crippen LogP) is 4.81. The zero-order valence-corrected chi connectivity index (χ0v) is 14.2. The lowest BCUT2D eigenvalue weighted by Crippen LogP contribution is -2.11. The molecule has 3 rings (SSSR count). The normalized spacial score (nSPS) is 19.0. The van der Waals surface area contributed by atoms with E-state index in [1.807, 2.05) is 24.7 Å². The van der Waals surface area contributed by atoms with Crippen LogP contribution in [0.25, 0.3) is 0 Å². The molecule has 116 valence electrons. The summed E-state index contributed by atoms with van der Waals surface area (Å²) in [4.78, 5) is 21.9. The minimum absolute atomic E-state index is 0.150. The first-order valence-electron chi connectivity index (χ1n) is 7.84. The first kappa shape index (κ1) is 15.7. The smallest absolute Gasteiger partial charge is 0.248 e. The van der Waals surface area contributed by atoms with Gasteiger partial charge in [-0.2, -0.15) is 0 Å². The number of nitrogens with zero attached hydrogens (tertiary/aromatic N) is 2. The van der Waals surface area contributed by atoms with Gasteiger partial charge in [0.05, 0.1) is 0 Å². The maximum atomic E-state index is 12.3. The highest BCUT2D eigenvalue weighted by molar-refractivity contribution is 8.14. The van der Waals surface area contributed by atoms with Crippen molar-refractivity contribution in [3.05, 3.63) is 40.0 Å². The number of thiazole rings is 1. The summed E-state index contributed by atoms with van der Waals surface area (Å²) in [5.41, 5.74) is 1.24. The standard InChI is InChI=1S/C17H20N2OS2/c20-17(22-14-6-2-1-3-7-14)16-19-12-15(21-16)11-13-5-4-9-18-10-8-13/h5,8-10,12,14H,1-4,6-7,11H2. The van der Waals surface area contributed by atoms with Gasteiger partial charge in [-0.25, -0.2) is 4.98 Å². The summed E-state index contributed by atoms with van der Waals surface area (Å²) in [5.74, 6) is 0. The Morgan fingerprint density at radius 2 is 2.18 bits per heavy atom. The molecular weight excluding hydrogens is 312 g/mol. The maximum Gasteiger partial charge on any atom is 0.248 e. The molecule has 0 amide bonds. The van der Waals surface area contributed by atoms with Gasteiger partial charge in [0.15, 0.2) is 5.01 Å². The van der Waals surface area contributed by atoms with Crippen molar-refractivity contribution in [1.29, 1.82) is 0 Å². The molecule has 1 aromatic heterocycles. The molecule has 3 nitrogen and oxygen atoms in total. The Kier molecular flexibility index (Phi) is 5.62. The molecule has 0 atom stereocenters. The first-order chi connectivity index (χ1) is 10.8. The van der Waals surface area contributed by atoms with E-state index in [0.29, 0.717) is 10.3 Å². The van der Waals surface area contributed by atoms with Gasteiger partial charge in [0.25, 0.3) is 0 Å². The van der Waals surface area contributed by atoms with Crippen molar-refractivity contribution in [2.24, 2.45) is 4.99 Å². The third-order valence-electron chi connectivity index (χ3n) is 3.90. The van der Waals surface area contributed by atoms with Crippen molar-refractivity contribution < 1.29 is 4.79 Å².